The van der Waals surface area contributed by atoms with Crippen molar-refractivity contribution in [2.45, 2.75) is 12.3 Å². The Bertz CT molecular complexity index is 844. The second-order valence-corrected chi connectivity index (χ2v) is 6.83. The topological polar surface area (TPSA) is 62.1 Å². The average molecular weight is 368 g/mol. The lowest BCUT2D eigenvalue weighted by Gasteiger charge is -2.25. The first kappa shape index (κ1) is 18.0. The highest BCUT2D eigenvalue weighted by atomic mass is 32.2. The average Bonchev–Trinajstić information content (AvgIpc) is 2.66. The molecule has 0 fully saturated rings. The number of amides is 1. The molecule has 2 aromatic rings. The van der Waals surface area contributed by atoms with Crippen LogP contribution in [0.25, 0.3) is 0 Å². The highest BCUT2D eigenvalue weighted by Crippen LogP contribution is 2.35. The molecule has 0 unspecified atom stereocenters. The number of thioether (sulfide) groups is 1. The molecule has 2 aromatic carbocycles. The summed E-state index contributed by atoms with van der Waals surface area (Å²) in [6.07, 6.45) is 0.180. The number of halogens is 1. The lowest BCUT2D eigenvalue weighted by atomic mass is 9.87. The van der Waals surface area contributed by atoms with Crippen LogP contribution < -0.4 is 10.1 Å². The first-order chi connectivity index (χ1) is 12.7. The van der Waals surface area contributed by atoms with Crippen LogP contribution in [0.3, 0.4) is 0 Å². The van der Waals surface area contributed by atoms with Crippen molar-refractivity contribution < 1.29 is 13.9 Å². The largest absolute Gasteiger partial charge is 0.493 e. The van der Waals surface area contributed by atoms with Gasteiger partial charge in [-0.15, -0.1) is 11.8 Å². The van der Waals surface area contributed by atoms with Gasteiger partial charge in [-0.25, -0.2) is 4.39 Å². The number of carbonyl (C=O) groups is 1. The number of nitrogens with zero attached hydrogens (tertiary/aromatic N) is 1. The lowest BCUT2D eigenvalue weighted by molar-refractivity contribution is -0.120. The summed E-state index contributed by atoms with van der Waals surface area (Å²) in [6.45, 7) is 0.452. The molecule has 1 atom stereocenters. The van der Waals surface area contributed by atoms with Gasteiger partial charge < -0.3 is 10.1 Å². The standard InChI is InChI=1S/C20H17FN2O2S/c21-15-8-6-14(7-9-15)17-12-19(24)23-20(18(17)13-22)26-11-10-25-16-4-2-1-3-5-16/h1-9,17H,10-12H2,(H,23,24)/t17-/m1/s1. The van der Waals surface area contributed by atoms with E-state index in [4.69, 9.17) is 4.74 Å². The third kappa shape index (κ3) is 4.44. The predicted molar refractivity (Wildman–Crippen MR) is 98.9 cm³/mol. The van der Waals surface area contributed by atoms with Crippen LogP contribution in [0.2, 0.25) is 0 Å². The van der Waals surface area contributed by atoms with Crippen LogP contribution >= 0.6 is 11.8 Å². The maximum atomic E-state index is 13.2. The molecule has 3 rings (SSSR count). The van der Waals surface area contributed by atoms with Crippen LogP contribution in [0.4, 0.5) is 4.39 Å². The van der Waals surface area contributed by atoms with Gasteiger partial charge in [-0.05, 0) is 29.8 Å². The molecular weight excluding hydrogens is 351 g/mol. The van der Waals surface area contributed by atoms with Gasteiger partial charge >= 0.3 is 0 Å². The number of benzene rings is 2. The summed E-state index contributed by atoms with van der Waals surface area (Å²) in [6, 6.07) is 17.6. The van der Waals surface area contributed by atoms with E-state index in [1.807, 2.05) is 30.3 Å². The molecule has 0 bridgehead atoms. The molecule has 0 saturated heterocycles. The van der Waals surface area contributed by atoms with E-state index < -0.39 is 0 Å². The summed E-state index contributed by atoms with van der Waals surface area (Å²) in [5.41, 5.74) is 1.26. The van der Waals surface area contributed by atoms with Crippen molar-refractivity contribution in [2.24, 2.45) is 0 Å². The Labute approximate surface area is 155 Å². The lowest BCUT2D eigenvalue weighted by Crippen LogP contribution is -2.31. The Kier molecular flexibility index (Phi) is 5.92. The molecule has 1 aliphatic rings. The summed E-state index contributed by atoms with van der Waals surface area (Å²) < 4.78 is 18.8. The molecule has 1 amide bonds. The second-order valence-electron chi connectivity index (χ2n) is 5.72. The van der Waals surface area contributed by atoms with E-state index >= 15 is 0 Å². The zero-order valence-corrected chi connectivity index (χ0v) is 14.8. The normalized spacial score (nSPS) is 16.8. The van der Waals surface area contributed by atoms with Gasteiger partial charge in [-0.2, -0.15) is 5.26 Å². The molecule has 0 saturated carbocycles. The summed E-state index contributed by atoms with van der Waals surface area (Å²) >= 11 is 1.38. The van der Waals surface area contributed by atoms with Crippen molar-refractivity contribution in [3.63, 3.8) is 0 Å². The van der Waals surface area contributed by atoms with Crippen LogP contribution in [0, 0.1) is 17.1 Å². The number of hydrogen-bond donors (Lipinski definition) is 1. The van der Waals surface area contributed by atoms with Crippen molar-refractivity contribution in [3.8, 4) is 11.8 Å². The number of allylic oxidation sites excluding steroid dienone is 1. The van der Waals surface area contributed by atoms with E-state index in [2.05, 4.69) is 11.4 Å². The fraction of sp³-hybridized carbons (Fsp3) is 0.200. The molecule has 1 heterocycles. The van der Waals surface area contributed by atoms with Crippen LogP contribution in [0.15, 0.2) is 65.2 Å². The van der Waals surface area contributed by atoms with Gasteiger partial charge in [-0.1, -0.05) is 30.3 Å². The minimum Gasteiger partial charge on any atom is -0.493 e. The summed E-state index contributed by atoms with van der Waals surface area (Å²) in [5.74, 6) is 0.520. The first-order valence-corrected chi connectivity index (χ1v) is 9.16. The molecule has 0 spiro atoms. The van der Waals surface area contributed by atoms with Crippen molar-refractivity contribution in [2.75, 3.05) is 12.4 Å². The number of para-hydroxylation sites is 1. The number of nitriles is 1. The van der Waals surface area contributed by atoms with Crippen molar-refractivity contribution >= 4 is 17.7 Å². The summed E-state index contributed by atoms with van der Waals surface area (Å²) in [7, 11) is 0. The SMILES string of the molecule is N#CC1=C(SCCOc2ccccc2)NC(=O)C[C@@H]1c1ccc(F)cc1. The molecule has 0 aliphatic carbocycles. The minimum atomic E-state index is -0.355. The zero-order valence-electron chi connectivity index (χ0n) is 13.9. The van der Waals surface area contributed by atoms with Gasteiger partial charge in [0.2, 0.25) is 5.91 Å². The third-order valence-corrected chi connectivity index (χ3v) is 4.95. The highest BCUT2D eigenvalue weighted by molar-refractivity contribution is 8.03. The third-order valence-electron chi connectivity index (χ3n) is 3.97. The fourth-order valence-corrected chi connectivity index (χ4v) is 3.63. The van der Waals surface area contributed by atoms with E-state index in [-0.39, 0.29) is 24.1 Å². The number of rotatable bonds is 6. The van der Waals surface area contributed by atoms with Gasteiger partial charge in [0.1, 0.15) is 11.6 Å². The smallest absolute Gasteiger partial charge is 0.225 e. The number of nitrogens with one attached hydrogen (secondary N) is 1. The molecule has 132 valence electrons. The maximum Gasteiger partial charge on any atom is 0.225 e. The van der Waals surface area contributed by atoms with E-state index in [9.17, 15) is 14.4 Å². The van der Waals surface area contributed by atoms with Crippen molar-refractivity contribution in [1.82, 2.24) is 5.32 Å². The van der Waals surface area contributed by atoms with E-state index in [0.717, 1.165) is 11.3 Å². The molecular formula is C20H17FN2O2S. The minimum absolute atomic E-state index is 0.148. The molecule has 26 heavy (non-hydrogen) atoms. The van der Waals surface area contributed by atoms with E-state index in [1.165, 1.54) is 23.9 Å². The number of hydrogen-bond acceptors (Lipinski definition) is 4. The molecule has 1 N–H and O–H groups in total. The Hall–Kier alpha value is -2.78. The van der Waals surface area contributed by atoms with Gasteiger partial charge in [0, 0.05) is 18.1 Å². The number of ether oxygens (including phenoxy) is 1. The fourth-order valence-electron chi connectivity index (χ4n) is 2.73. The summed E-state index contributed by atoms with van der Waals surface area (Å²) in [5, 5.41) is 12.9. The number of carbonyl (C=O) groups excluding carboxylic acids is 1. The summed E-state index contributed by atoms with van der Waals surface area (Å²) in [4.78, 5) is 12.1. The molecule has 6 heteroatoms. The molecule has 0 aromatic heterocycles. The van der Waals surface area contributed by atoms with Crippen LogP contribution in [-0.2, 0) is 4.79 Å². The molecule has 1 aliphatic heterocycles. The van der Waals surface area contributed by atoms with E-state index in [1.54, 1.807) is 12.1 Å². The Morgan fingerprint density at radius 1 is 1.19 bits per heavy atom. The molecule has 4 nitrogen and oxygen atoms in total. The van der Waals surface area contributed by atoms with Crippen molar-refractivity contribution in [1.29, 1.82) is 5.26 Å². The second kappa shape index (κ2) is 8.54. The Morgan fingerprint density at radius 2 is 1.92 bits per heavy atom. The van der Waals surface area contributed by atoms with Gasteiger partial charge in [0.15, 0.2) is 0 Å². The quantitative estimate of drug-likeness (QED) is 0.784. The van der Waals surface area contributed by atoms with Crippen molar-refractivity contribution in [3.05, 3.63) is 76.6 Å². The van der Waals surface area contributed by atoms with Crippen LogP contribution in [0.5, 0.6) is 5.75 Å². The van der Waals surface area contributed by atoms with Crippen LogP contribution in [-0.4, -0.2) is 18.3 Å². The van der Waals surface area contributed by atoms with Crippen LogP contribution in [0.1, 0.15) is 17.9 Å². The van der Waals surface area contributed by atoms with E-state index in [0.29, 0.717) is 23.0 Å². The first-order valence-electron chi connectivity index (χ1n) is 8.17. The Balaban J connectivity index is 1.69. The van der Waals surface area contributed by atoms with Gasteiger partial charge in [0.05, 0.1) is 23.3 Å². The Morgan fingerprint density at radius 3 is 2.62 bits per heavy atom. The highest BCUT2D eigenvalue weighted by Gasteiger charge is 2.29. The zero-order chi connectivity index (χ0) is 18.4. The monoisotopic (exact) mass is 368 g/mol. The van der Waals surface area contributed by atoms with Gasteiger partial charge in [0.25, 0.3) is 0 Å². The van der Waals surface area contributed by atoms with Gasteiger partial charge in [-0.3, -0.25) is 4.79 Å². The maximum absolute atomic E-state index is 13.2. The molecule has 0 radical (unpaired) electrons. The predicted octanol–water partition coefficient (Wildman–Crippen LogP) is 3.98.